The molecule has 2 bridgehead atoms. The van der Waals surface area contributed by atoms with Crippen LogP contribution in [-0.2, 0) is 23.1 Å². The fraction of sp³-hybridized carbons (Fsp3) is 0.533. The summed E-state index contributed by atoms with van der Waals surface area (Å²) in [5.41, 5.74) is 7.45. The number of ether oxygens (including phenoxy) is 2. The molecule has 8 nitrogen and oxygen atoms in total. The average molecular weight is 518 g/mol. The smallest absolute Gasteiger partial charge is 0.252 e. The molecule has 200 valence electrons. The Morgan fingerprint density at radius 2 is 1.95 bits per heavy atom. The third kappa shape index (κ3) is 3.35. The summed E-state index contributed by atoms with van der Waals surface area (Å²) in [6, 6.07) is 11.0. The van der Waals surface area contributed by atoms with Gasteiger partial charge in [-0.3, -0.25) is 14.5 Å². The predicted molar refractivity (Wildman–Crippen MR) is 140 cm³/mol. The van der Waals surface area contributed by atoms with E-state index >= 15 is 0 Å². The number of rotatable bonds is 7. The number of primary amides is 1. The lowest BCUT2D eigenvalue weighted by molar-refractivity contribution is -0.192. The maximum atomic E-state index is 13.2. The molecular weight excluding hydrogens is 482 g/mol. The Bertz CT molecular complexity index is 1310. The highest BCUT2D eigenvalue weighted by atomic mass is 16.5. The number of nitrogens with one attached hydrogen (secondary N) is 1. The number of nitrogens with two attached hydrogens (primary N) is 1. The van der Waals surface area contributed by atoms with Crippen LogP contribution in [0.2, 0.25) is 0 Å². The summed E-state index contributed by atoms with van der Waals surface area (Å²) in [5, 5.41) is 15.9. The summed E-state index contributed by atoms with van der Waals surface area (Å²) in [6.07, 6.45) is 4.97. The van der Waals surface area contributed by atoms with Crippen molar-refractivity contribution in [1.29, 1.82) is 0 Å². The first kappa shape index (κ1) is 24.0. The van der Waals surface area contributed by atoms with Crippen LogP contribution in [0.15, 0.2) is 36.4 Å². The lowest BCUT2D eigenvalue weighted by atomic mass is 9.48. The molecule has 38 heavy (non-hydrogen) atoms. The van der Waals surface area contributed by atoms with Crippen LogP contribution in [0.1, 0.15) is 59.2 Å². The van der Waals surface area contributed by atoms with Gasteiger partial charge in [-0.25, -0.2) is 0 Å². The largest absolute Gasteiger partial charge is 0.497 e. The standard InChI is InChI=1S/C30H35N3O5/c1-37-20-7-4-17(5-8-20)14-24(34)32-22-10-11-30(36)23-15-19-6-9-21(28(31)35)26-25(19)29(30,27(22)38-26)12-13-33(23)16-18-2-3-18/h4-9,18,22-23,27,36H,2-3,10-16H2,1H3,(H2,31,35)(H,32,34)/t22-,23-,27+,29+,30-/m1/s1. The number of nitrogens with zero attached hydrogens (tertiary/aromatic N) is 1. The minimum Gasteiger partial charge on any atom is -0.497 e. The number of piperidine rings is 1. The van der Waals surface area contributed by atoms with Gasteiger partial charge in [0.1, 0.15) is 17.6 Å². The van der Waals surface area contributed by atoms with Gasteiger partial charge < -0.3 is 25.6 Å². The Labute approximate surface area is 222 Å². The maximum Gasteiger partial charge on any atom is 0.252 e. The minimum atomic E-state index is -0.990. The van der Waals surface area contributed by atoms with Crippen LogP contribution in [0.25, 0.3) is 0 Å². The van der Waals surface area contributed by atoms with Crippen molar-refractivity contribution in [2.75, 3.05) is 20.2 Å². The molecule has 2 heterocycles. The Morgan fingerprint density at radius 3 is 2.66 bits per heavy atom. The minimum absolute atomic E-state index is 0.00298. The highest BCUT2D eigenvalue weighted by Crippen LogP contribution is 2.64. The molecule has 3 fully saturated rings. The molecule has 0 radical (unpaired) electrons. The van der Waals surface area contributed by atoms with Gasteiger partial charge in [0.25, 0.3) is 5.91 Å². The van der Waals surface area contributed by atoms with E-state index in [1.54, 1.807) is 13.2 Å². The molecule has 5 aliphatic rings. The van der Waals surface area contributed by atoms with Gasteiger partial charge in [0, 0.05) is 18.2 Å². The highest BCUT2D eigenvalue weighted by Gasteiger charge is 2.73. The van der Waals surface area contributed by atoms with Crippen molar-refractivity contribution in [1.82, 2.24) is 10.2 Å². The fourth-order valence-corrected chi connectivity index (χ4v) is 8.02. The van der Waals surface area contributed by atoms with Crippen LogP contribution in [-0.4, -0.2) is 65.8 Å². The maximum absolute atomic E-state index is 13.2. The number of likely N-dealkylation sites (tertiary alicyclic amines) is 1. The van der Waals surface area contributed by atoms with E-state index in [0.29, 0.717) is 24.2 Å². The highest BCUT2D eigenvalue weighted by molar-refractivity contribution is 5.97. The van der Waals surface area contributed by atoms with Crippen molar-refractivity contribution in [2.24, 2.45) is 11.7 Å². The molecule has 3 aliphatic carbocycles. The molecule has 2 aliphatic heterocycles. The van der Waals surface area contributed by atoms with Crippen molar-refractivity contribution < 1.29 is 24.2 Å². The fourth-order valence-electron chi connectivity index (χ4n) is 8.02. The molecule has 1 saturated heterocycles. The first-order valence-corrected chi connectivity index (χ1v) is 13.9. The lowest BCUT2D eigenvalue weighted by Crippen LogP contribution is -2.78. The summed E-state index contributed by atoms with van der Waals surface area (Å²) in [4.78, 5) is 28.1. The van der Waals surface area contributed by atoms with E-state index in [9.17, 15) is 14.7 Å². The van der Waals surface area contributed by atoms with Gasteiger partial charge in [0.2, 0.25) is 5.91 Å². The molecule has 4 N–H and O–H groups in total. The molecule has 1 spiro atoms. The quantitative estimate of drug-likeness (QED) is 0.518. The van der Waals surface area contributed by atoms with Crippen molar-refractivity contribution in [3.05, 3.63) is 58.7 Å². The number of methoxy groups -OCH3 is 1. The zero-order chi connectivity index (χ0) is 26.2. The first-order chi connectivity index (χ1) is 18.3. The number of amides is 2. The first-order valence-electron chi connectivity index (χ1n) is 13.9. The summed E-state index contributed by atoms with van der Waals surface area (Å²) in [5.74, 6) is 1.37. The number of hydrogen-bond donors (Lipinski definition) is 3. The topological polar surface area (TPSA) is 114 Å². The number of aliphatic hydroxyl groups is 1. The summed E-state index contributed by atoms with van der Waals surface area (Å²) in [7, 11) is 1.62. The van der Waals surface area contributed by atoms with Crippen LogP contribution in [0, 0.1) is 5.92 Å². The molecule has 2 amide bonds. The summed E-state index contributed by atoms with van der Waals surface area (Å²) in [6.45, 7) is 1.90. The van der Waals surface area contributed by atoms with Crippen LogP contribution < -0.4 is 20.5 Å². The Hall–Kier alpha value is -3.10. The monoisotopic (exact) mass is 517 g/mol. The summed E-state index contributed by atoms with van der Waals surface area (Å²) >= 11 is 0. The van der Waals surface area contributed by atoms with Crippen LogP contribution in [0.3, 0.4) is 0 Å². The molecular formula is C30H35N3O5. The molecule has 2 aromatic rings. The van der Waals surface area contributed by atoms with Crippen LogP contribution >= 0.6 is 0 Å². The number of benzene rings is 2. The average Bonchev–Trinajstić information content (AvgIpc) is 3.64. The van der Waals surface area contributed by atoms with E-state index < -0.39 is 23.0 Å². The molecule has 7 rings (SSSR count). The van der Waals surface area contributed by atoms with Gasteiger partial charge >= 0.3 is 0 Å². The zero-order valence-electron chi connectivity index (χ0n) is 21.7. The van der Waals surface area contributed by atoms with Crippen LogP contribution in [0.5, 0.6) is 11.5 Å². The third-order valence-corrected chi connectivity index (χ3v) is 9.92. The van der Waals surface area contributed by atoms with Gasteiger partial charge in [-0.2, -0.15) is 0 Å². The third-order valence-electron chi connectivity index (χ3n) is 9.92. The van der Waals surface area contributed by atoms with Gasteiger partial charge in [-0.1, -0.05) is 18.2 Å². The molecule has 0 unspecified atom stereocenters. The molecule has 0 aromatic heterocycles. The second kappa shape index (κ2) is 8.45. The van der Waals surface area contributed by atoms with Crippen molar-refractivity contribution in [3.63, 3.8) is 0 Å². The van der Waals surface area contributed by atoms with E-state index in [2.05, 4.69) is 10.2 Å². The van der Waals surface area contributed by atoms with Gasteiger partial charge in [0.05, 0.1) is 36.2 Å². The predicted octanol–water partition coefficient (Wildman–Crippen LogP) is 2.09. The van der Waals surface area contributed by atoms with E-state index in [4.69, 9.17) is 15.2 Å². The lowest BCUT2D eigenvalue weighted by Gasteiger charge is -2.64. The van der Waals surface area contributed by atoms with Crippen molar-refractivity contribution >= 4 is 11.8 Å². The van der Waals surface area contributed by atoms with Crippen molar-refractivity contribution in [3.8, 4) is 11.5 Å². The second-order valence-electron chi connectivity index (χ2n) is 11.9. The normalized spacial score (nSPS) is 32.7. The van der Waals surface area contributed by atoms with Gasteiger partial charge in [-0.05, 0) is 80.3 Å². The number of carbonyl (C=O) groups excluding carboxylic acids is 2. The van der Waals surface area contributed by atoms with Crippen LogP contribution in [0.4, 0.5) is 0 Å². The molecule has 2 aromatic carbocycles. The SMILES string of the molecule is COc1ccc(CC(=O)N[C@@H]2CC[C@@]3(O)[C@H]4Cc5ccc(C(N)=O)c6c5[C@@]3(CCN4CC3CC3)[C@H]2O6)cc1. The number of hydrogen-bond acceptors (Lipinski definition) is 6. The van der Waals surface area contributed by atoms with E-state index in [0.717, 1.165) is 54.3 Å². The van der Waals surface area contributed by atoms with E-state index in [1.807, 2.05) is 30.3 Å². The van der Waals surface area contributed by atoms with E-state index in [1.165, 1.54) is 12.8 Å². The zero-order valence-corrected chi connectivity index (χ0v) is 21.7. The van der Waals surface area contributed by atoms with E-state index in [-0.39, 0.29) is 24.4 Å². The summed E-state index contributed by atoms with van der Waals surface area (Å²) < 4.78 is 11.9. The van der Waals surface area contributed by atoms with Gasteiger partial charge in [-0.15, -0.1) is 0 Å². The molecule has 2 saturated carbocycles. The van der Waals surface area contributed by atoms with Crippen molar-refractivity contribution in [2.45, 2.75) is 74.1 Å². The molecule has 5 atom stereocenters. The Kier molecular flexibility index (Phi) is 5.33. The van der Waals surface area contributed by atoms with Gasteiger partial charge in [0.15, 0.2) is 0 Å². The number of carbonyl (C=O) groups is 2. The Balaban J connectivity index is 1.24. The molecule has 8 heteroatoms. The Morgan fingerprint density at radius 1 is 1.16 bits per heavy atom. The second-order valence-corrected chi connectivity index (χ2v) is 11.9.